The smallest absolute Gasteiger partial charge is 0.255 e. The third kappa shape index (κ3) is 2.60. The Balaban J connectivity index is 2.12. The van der Waals surface area contributed by atoms with Gasteiger partial charge in [0.25, 0.3) is 5.91 Å². The predicted molar refractivity (Wildman–Crippen MR) is 75.0 cm³/mol. The van der Waals surface area contributed by atoms with Crippen LogP contribution in [-0.4, -0.2) is 26.6 Å². The molecule has 100 valence electrons. The first kappa shape index (κ1) is 13.6. The van der Waals surface area contributed by atoms with E-state index in [1.165, 1.54) is 19.3 Å². The van der Waals surface area contributed by atoms with Crippen molar-refractivity contribution in [3.63, 3.8) is 0 Å². The van der Waals surface area contributed by atoms with Gasteiger partial charge in [0.2, 0.25) is 0 Å². The molecular formula is C13H20BrN3O. The van der Waals surface area contributed by atoms with Gasteiger partial charge in [-0.2, -0.15) is 5.10 Å². The largest absolute Gasteiger partial charge is 0.346 e. The van der Waals surface area contributed by atoms with Crippen LogP contribution >= 0.6 is 15.9 Å². The van der Waals surface area contributed by atoms with Crippen LogP contribution in [0.3, 0.4) is 0 Å². The average molecular weight is 314 g/mol. The van der Waals surface area contributed by atoms with E-state index in [1.807, 2.05) is 14.0 Å². The molecule has 1 amide bonds. The lowest BCUT2D eigenvalue weighted by Gasteiger charge is -2.36. The van der Waals surface area contributed by atoms with Crippen molar-refractivity contribution < 1.29 is 4.79 Å². The van der Waals surface area contributed by atoms with Crippen molar-refractivity contribution in [3.8, 4) is 0 Å². The molecule has 5 heteroatoms. The highest BCUT2D eigenvalue weighted by Gasteiger charge is 2.33. The van der Waals surface area contributed by atoms with E-state index in [1.54, 1.807) is 10.9 Å². The summed E-state index contributed by atoms with van der Waals surface area (Å²) in [4.78, 5) is 12.3. The lowest BCUT2D eigenvalue weighted by molar-refractivity contribution is 0.0885. The third-order valence-electron chi connectivity index (χ3n) is 3.93. The van der Waals surface area contributed by atoms with Gasteiger partial charge >= 0.3 is 0 Å². The fourth-order valence-electron chi connectivity index (χ4n) is 2.55. The molecule has 18 heavy (non-hydrogen) atoms. The molecule has 4 nitrogen and oxygen atoms in total. The summed E-state index contributed by atoms with van der Waals surface area (Å²) in [5, 5.41) is 8.16. The van der Waals surface area contributed by atoms with E-state index in [0.717, 1.165) is 23.9 Å². The SMILES string of the molecule is Cc1c(C(=O)NC2(CBr)CCCCC2)cnn1C. The lowest BCUT2D eigenvalue weighted by Crippen LogP contribution is -2.51. The van der Waals surface area contributed by atoms with Crippen LogP contribution in [-0.2, 0) is 7.05 Å². The Hall–Kier alpha value is -0.840. The monoisotopic (exact) mass is 313 g/mol. The van der Waals surface area contributed by atoms with Crippen LogP contribution in [0.4, 0.5) is 0 Å². The fourth-order valence-corrected chi connectivity index (χ4v) is 3.25. The van der Waals surface area contributed by atoms with Gasteiger partial charge < -0.3 is 5.32 Å². The maximum atomic E-state index is 12.3. The Kier molecular flexibility index (Phi) is 4.10. The van der Waals surface area contributed by atoms with Gasteiger partial charge in [-0.25, -0.2) is 0 Å². The minimum atomic E-state index is -0.0718. The Morgan fingerprint density at radius 2 is 2.17 bits per heavy atom. The molecule has 1 heterocycles. The van der Waals surface area contributed by atoms with Crippen LogP contribution in [0.5, 0.6) is 0 Å². The highest BCUT2D eigenvalue weighted by Crippen LogP contribution is 2.30. The third-order valence-corrected chi connectivity index (χ3v) is 5.00. The molecule has 0 bridgehead atoms. The molecular weight excluding hydrogens is 294 g/mol. The summed E-state index contributed by atoms with van der Waals surface area (Å²) in [7, 11) is 1.85. The van der Waals surface area contributed by atoms with Gasteiger partial charge in [-0.15, -0.1) is 0 Å². The molecule has 1 saturated carbocycles. The first-order chi connectivity index (χ1) is 8.58. The van der Waals surface area contributed by atoms with Crippen LogP contribution in [0.25, 0.3) is 0 Å². The predicted octanol–water partition coefficient (Wildman–Crippen LogP) is 2.56. The lowest BCUT2D eigenvalue weighted by atomic mass is 9.83. The van der Waals surface area contributed by atoms with Crippen molar-refractivity contribution in [3.05, 3.63) is 17.5 Å². The maximum Gasteiger partial charge on any atom is 0.255 e. The zero-order valence-electron chi connectivity index (χ0n) is 11.0. The highest BCUT2D eigenvalue weighted by atomic mass is 79.9. The second-order valence-electron chi connectivity index (χ2n) is 5.20. The molecule has 0 radical (unpaired) electrons. The van der Waals surface area contributed by atoms with Crippen molar-refractivity contribution in [1.29, 1.82) is 0 Å². The second kappa shape index (κ2) is 5.43. The number of nitrogens with one attached hydrogen (secondary N) is 1. The molecule has 0 unspecified atom stereocenters. The normalized spacial score (nSPS) is 18.6. The van der Waals surface area contributed by atoms with Gasteiger partial charge in [0.05, 0.1) is 17.3 Å². The molecule has 1 aromatic rings. The van der Waals surface area contributed by atoms with Crippen LogP contribution < -0.4 is 5.32 Å². The number of halogens is 1. The second-order valence-corrected chi connectivity index (χ2v) is 5.76. The summed E-state index contributed by atoms with van der Waals surface area (Å²) in [5.41, 5.74) is 1.52. The standard InChI is InChI=1S/C13H20BrN3O/c1-10-11(8-15-17(10)2)12(18)16-13(9-14)6-4-3-5-7-13/h8H,3-7,9H2,1-2H3,(H,16,18). The first-order valence-electron chi connectivity index (χ1n) is 6.45. The van der Waals surface area contributed by atoms with Gasteiger partial charge in [-0.1, -0.05) is 35.2 Å². The topological polar surface area (TPSA) is 46.9 Å². The van der Waals surface area contributed by atoms with Gasteiger partial charge in [-0.05, 0) is 19.8 Å². The van der Waals surface area contributed by atoms with E-state index in [0.29, 0.717) is 5.56 Å². The molecule has 0 aliphatic heterocycles. The van der Waals surface area contributed by atoms with Crippen LogP contribution in [0.2, 0.25) is 0 Å². The van der Waals surface area contributed by atoms with Crippen molar-refractivity contribution in [2.45, 2.75) is 44.6 Å². The number of hydrogen-bond donors (Lipinski definition) is 1. The number of nitrogens with zero attached hydrogens (tertiary/aromatic N) is 2. The maximum absolute atomic E-state index is 12.3. The Morgan fingerprint density at radius 3 is 2.67 bits per heavy atom. The first-order valence-corrected chi connectivity index (χ1v) is 7.57. The summed E-state index contributed by atoms with van der Waals surface area (Å²) in [6.45, 7) is 1.92. The average Bonchev–Trinajstić information content (AvgIpc) is 2.71. The quantitative estimate of drug-likeness (QED) is 0.872. The van der Waals surface area contributed by atoms with E-state index in [-0.39, 0.29) is 11.4 Å². The van der Waals surface area contributed by atoms with Crippen LogP contribution in [0.1, 0.15) is 48.2 Å². The van der Waals surface area contributed by atoms with Crippen molar-refractivity contribution in [2.75, 3.05) is 5.33 Å². The molecule has 0 saturated heterocycles. The number of carbonyl (C=O) groups is 1. The summed E-state index contributed by atoms with van der Waals surface area (Å²) in [5.74, 6) is 0.00181. The van der Waals surface area contributed by atoms with E-state index >= 15 is 0 Å². The number of hydrogen-bond acceptors (Lipinski definition) is 2. The van der Waals surface area contributed by atoms with Gasteiger partial charge in [0.1, 0.15) is 0 Å². The van der Waals surface area contributed by atoms with Gasteiger partial charge in [0, 0.05) is 18.1 Å². The minimum absolute atomic E-state index is 0.00181. The van der Waals surface area contributed by atoms with Crippen molar-refractivity contribution in [2.24, 2.45) is 7.05 Å². The van der Waals surface area contributed by atoms with E-state index in [4.69, 9.17) is 0 Å². The van der Waals surface area contributed by atoms with Crippen LogP contribution in [0.15, 0.2) is 6.20 Å². The summed E-state index contributed by atoms with van der Waals surface area (Å²) in [6.07, 6.45) is 7.42. The van der Waals surface area contributed by atoms with Crippen molar-refractivity contribution >= 4 is 21.8 Å². The molecule has 1 aromatic heterocycles. The molecule has 1 aliphatic rings. The van der Waals surface area contributed by atoms with E-state index in [2.05, 4.69) is 26.3 Å². The summed E-state index contributed by atoms with van der Waals surface area (Å²) >= 11 is 3.56. The number of aromatic nitrogens is 2. The Labute approximate surface area is 116 Å². The summed E-state index contributed by atoms with van der Waals surface area (Å²) < 4.78 is 1.73. The zero-order chi connectivity index (χ0) is 13.2. The Bertz CT molecular complexity index is 435. The van der Waals surface area contributed by atoms with E-state index in [9.17, 15) is 4.79 Å². The van der Waals surface area contributed by atoms with E-state index < -0.39 is 0 Å². The molecule has 1 aliphatic carbocycles. The number of carbonyl (C=O) groups excluding carboxylic acids is 1. The molecule has 2 rings (SSSR count). The summed E-state index contributed by atoms with van der Waals surface area (Å²) in [6, 6.07) is 0. The van der Waals surface area contributed by atoms with Crippen molar-refractivity contribution in [1.82, 2.24) is 15.1 Å². The Morgan fingerprint density at radius 1 is 1.50 bits per heavy atom. The molecule has 0 spiro atoms. The fraction of sp³-hybridized carbons (Fsp3) is 0.692. The molecule has 0 aromatic carbocycles. The number of rotatable bonds is 3. The van der Waals surface area contributed by atoms with Gasteiger partial charge in [-0.3, -0.25) is 9.48 Å². The molecule has 1 N–H and O–H groups in total. The number of amides is 1. The number of alkyl halides is 1. The van der Waals surface area contributed by atoms with Crippen LogP contribution in [0, 0.1) is 6.92 Å². The molecule has 0 atom stereocenters. The minimum Gasteiger partial charge on any atom is -0.346 e. The van der Waals surface area contributed by atoms with Gasteiger partial charge in [0.15, 0.2) is 0 Å². The molecule has 1 fully saturated rings. The number of aryl methyl sites for hydroxylation is 1. The highest BCUT2D eigenvalue weighted by molar-refractivity contribution is 9.09. The zero-order valence-corrected chi connectivity index (χ0v) is 12.6.